The van der Waals surface area contributed by atoms with E-state index >= 15 is 0 Å². The van der Waals surface area contributed by atoms with E-state index in [4.69, 9.17) is 4.42 Å². The maximum atomic E-state index is 14.3. The van der Waals surface area contributed by atoms with Crippen LogP contribution in [0.3, 0.4) is 0 Å². The molecule has 0 saturated carbocycles. The molecule has 34 heavy (non-hydrogen) atoms. The van der Waals surface area contributed by atoms with Gasteiger partial charge in [-0.15, -0.1) is 0 Å². The third kappa shape index (κ3) is 3.96. The Morgan fingerprint density at radius 2 is 1.94 bits per heavy atom. The van der Waals surface area contributed by atoms with Crippen LogP contribution in [0.4, 0.5) is 13.9 Å². The van der Waals surface area contributed by atoms with Crippen LogP contribution in [-0.2, 0) is 6.54 Å². The van der Waals surface area contributed by atoms with E-state index in [2.05, 4.69) is 10.1 Å². The first-order valence-corrected chi connectivity index (χ1v) is 11.2. The SMILES string of the molecule is Cc1cc(C)n(CCN(C(=O)c2cc3ccccc3oc2=O)c2nc3c(F)cc(F)cc3s2)n1. The number of benzene rings is 2. The van der Waals surface area contributed by atoms with E-state index in [0.29, 0.717) is 17.5 Å². The van der Waals surface area contributed by atoms with E-state index in [0.717, 1.165) is 34.9 Å². The zero-order chi connectivity index (χ0) is 24.0. The van der Waals surface area contributed by atoms with E-state index < -0.39 is 23.2 Å². The van der Waals surface area contributed by atoms with Crippen LogP contribution in [0.15, 0.2) is 57.7 Å². The lowest BCUT2D eigenvalue weighted by Gasteiger charge is -2.20. The monoisotopic (exact) mass is 480 g/mol. The van der Waals surface area contributed by atoms with Gasteiger partial charge < -0.3 is 4.42 Å². The van der Waals surface area contributed by atoms with Gasteiger partial charge in [-0.3, -0.25) is 14.4 Å². The third-order valence-electron chi connectivity index (χ3n) is 5.39. The van der Waals surface area contributed by atoms with Crippen LogP contribution in [0.25, 0.3) is 21.2 Å². The predicted octanol–water partition coefficient (Wildman–Crippen LogP) is 4.84. The van der Waals surface area contributed by atoms with Crippen molar-refractivity contribution in [3.05, 3.63) is 87.5 Å². The van der Waals surface area contributed by atoms with E-state index in [9.17, 15) is 18.4 Å². The fourth-order valence-corrected chi connectivity index (χ4v) is 4.83. The van der Waals surface area contributed by atoms with Crippen LogP contribution in [0, 0.1) is 25.5 Å². The first-order chi connectivity index (χ1) is 16.3. The number of hydrogen-bond acceptors (Lipinski definition) is 6. The zero-order valence-corrected chi connectivity index (χ0v) is 19.0. The van der Waals surface area contributed by atoms with Gasteiger partial charge in [0.1, 0.15) is 22.5 Å². The van der Waals surface area contributed by atoms with Gasteiger partial charge in [-0.2, -0.15) is 5.10 Å². The van der Waals surface area contributed by atoms with Crippen molar-refractivity contribution >= 4 is 43.6 Å². The summed E-state index contributed by atoms with van der Waals surface area (Å²) >= 11 is 0.962. The van der Waals surface area contributed by atoms with Crippen LogP contribution in [0.1, 0.15) is 21.7 Å². The number of hydrogen-bond donors (Lipinski definition) is 0. The summed E-state index contributed by atoms with van der Waals surface area (Å²) in [5.41, 5.74) is 1.05. The summed E-state index contributed by atoms with van der Waals surface area (Å²) in [5, 5.41) is 5.13. The molecule has 7 nitrogen and oxygen atoms in total. The molecule has 0 saturated heterocycles. The van der Waals surface area contributed by atoms with Crippen molar-refractivity contribution in [3.8, 4) is 0 Å². The van der Waals surface area contributed by atoms with Crippen LogP contribution >= 0.6 is 11.3 Å². The highest BCUT2D eigenvalue weighted by atomic mass is 32.1. The Morgan fingerprint density at radius 1 is 1.15 bits per heavy atom. The zero-order valence-electron chi connectivity index (χ0n) is 18.2. The molecule has 0 radical (unpaired) electrons. The summed E-state index contributed by atoms with van der Waals surface area (Å²) in [5.74, 6) is -2.22. The number of aromatic nitrogens is 3. The molecule has 5 rings (SSSR count). The molecule has 172 valence electrons. The van der Waals surface area contributed by atoms with Crippen molar-refractivity contribution in [3.63, 3.8) is 0 Å². The van der Waals surface area contributed by atoms with Crippen molar-refractivity contribution < 1.29 is 18.0 Å². The smallest absolute Gasteiger partial charge is 0.349 e. The molecule has 0 fully saturated rings. The van der Waals surface area contributed by atoms with E-state index in [1.54, 1.807) is 28.9 Å². The molecule has 0 aliphatic heterocycles. The summed E-state index contributed by atoms with van der Waals surface area (Å²) in [6.45, 7) is 4.14. The Labute approximate surface area is 195 Å². The van der Waals surface area contributed by atoms with Gasteiger partial charge in [-0.05, 0) is 38.1 Å². The van der Waals surface area contributed by atoms with Crippen LogP contribution in [0.2, 0.25) is 0 Å². The van der Waals surface area contributed by atoms with Crippen LogP contribution in [-0.4, -0.2) is 27.2 Å². The average molecular weight is 480 g/mol. The van der Waals surface area contributed by atoms with Gasteiger partial charge in [0.25, 0.3) is 5.91 Å². The van der Waals surface area contributed by atoms with Crippen LogP contribution < -0.4 is 10.5 Å². The molecule has 0 atom stereocenters. The molecule has 0 unspecified atom stereocenters. The van der Waals surface area contributed by atoms with Gasteiger partial charge in [0.2, 0.25) is 0 Å². The minimum absolute atomic E-state index is 0.0455. The van der Waals surface area contributed by atoms with Crippen molar-refractivity contribution in [2.75, 3.05) is 11.4 Å². The number of carbonyl (C=O) groups excluding carboxylic acids is 1. The summed E-state index contributed by atoms with van der Waals surface area (Å²) in [6.07, 6.45) is 0. The fourth-order valence-electron chi connectivity index (χ4n) is 3.80. The Hall–Kier alpha value is -3.92. The van der Waals surface area contributed by atoms with Crippen LogP contribution in [0.5, 0.6) is 0 Å². The highest BCUT2D eigenvalue weighted by molar-refractivity contribution is 7.22. The first kappa shape index (κ1) is 21.9. The Bertz CT molecular complexity index is 1620. The number of fused-ring (bicyclic) bond motifs is 2. The number of carbonyl (C=O) groups is 1. The molecule has 5 aromatic rings. The number of aryl methyl sites for hydroxylation is 2. The van der Waals surface area contributed by atoms with Crippen molar-refractivity contribution in [2.24, 2.45) is 0 Å². The molecule has 10 heteroatoms. The number of thiazole rings is 1. The molecule has 0 spiro atoms. The second kappa shape index (κ2) is 8.45. The van der Waals surface area contributed by atoms with Crippen molar-refractivity contribution in [1.82, 2.24) is 14.8 Å². The number of rotatable bonds is 5. The number of halogens is 2. The largest absolute Gasteiger partial charge is 0.422 e. The molecule has 0 aliphatic rings. The van der Waals surface area contributed by atoms with E-state index in [-0.39, 0.29) is 27.5 Å². The topological polar surface area (TPSA) is 81.2 Å². The molecule has 1 amide bonds. The summed E-state index contributed by atoms with van der Waals surface area (Å²) in [4.78, 5) is 31.8. The van der Waals surface area contributed by atoms with Gasteiger partial charge in [0.05, 0.1) is 16.9 Å². The second-order valence-electron chi connectivity index (χ2n) is 7.82. The standard InChI is InChI=1S/C24H18F2N4O3S/c1-13-9-14(2)30(28-13)8-7-29(24-27-21-18(26)11-16(25)12-20(21)34-24)22(31)17-10-15-5-3-4-6-19(15)33-23(17)32/h3-6,9-12H,7-8H2,1-2H3. The quantitative estimate of drug-likeness (QED) is 0.336. The van der Waals surface area contributed by atoms with E-state index in [1.807, 2.05) is 19.9 Å². The van der Waals surface area contributed by atoms with Gasteiger partial charge >= 0.3 is 5.63 Å². The normalized spacial score (nSPS) is 11.4. The highest BCUT2D eigenvalue weighted by Crippen LogP contribution is 2.32. The maximum absolute atomic E-state index is 14.3. The van der Waals surface area contributed by atoms with Crippen molar-refractivity contribution in [2.45, 2.75) is 20.4 Å². The third-order valence-corrected chi connectivity index (χ3v) is 6.41. The minimum atomic E-state index is -0.825. The van der Waals surface area contributed by atoms with Gasteiger partial charge in [-0.1, -0.05) is 29.5 Å². The van der Waals surface area contributed by atoms with Gasteiger partial charge in [-0.25, -0.2) is 18.6 Å². The Balaban J connectivity index is 1.59. The summed E-state index contributed by atoms with van der Waals surface area (Å²) in [6, 6.07) is 12.1. The van der Waals surface area contributed by atoms with E-state index in [1.165, 1.54) is 11.0 Å². The number of nitrogens with zero attached hydrogens (tertiary/aromatic N) is 4. The summed E-state index contributed by atoms with van der Waals surface area (Å²) < 4.78 is 35.4. The number of para-hydroxylation sites is 1. The molecule has 0 aliphatic carbocycles. The molecule has 3 aromatic heterocycles. The molecular formula is C24H18F2N4O3S. The molecule has 2 aromatic carbocycles. The fraction of sp³-hybridized carbons (Fsp3) is 0.167. The maximum Gasteiger partial charge on any atom is 0.349 e. The first-order valence-electron chi connectivity index (χ1n) is 10.4. The Morgan fingerprint density at radius 3 is 2.71 bits per heavy atom. The highest BCUT2D eigenvalue weighted by Gasteiger charge is 2.26. The lowest BCUT2D eigenvalue weighted by molar-refractivity contribution is 0.0982. The second-order valence-corrected chi connectivity index (χ2v) is 8.83. The average Bonchev–Trinajstić information content (AvgIpc) is 3.35. The minimum Gasteiger partial charge on any atom is -0.422 e. The number of amides is 1. The summed E-state index contributed by atoms with van der Waals surface area (Å²) in [7, 11) is 0. The number of anilines is 1. The van der Waals surface area contributed by atoms with Crippen molar-refractivity contribution in [1.29, 1.82) is 0 Å². The lowest BCUT2D eigenvalue weighted by atomic mass is 10.1. The van der Waals surface area contributed by atoms with Gasteiger partial charge in [0, 0.05) is 23.7 Å². The molecule has 0 N–H and O–H groups in total. The van der Waals surface area contributed by atoms with Gasteiger partial charge in [0.15, 0.2) is 10.9 Å². The lowest BCUT2D eigenvalue weighted by Crippen LogP contribution is -2.36. The predicted molar refractivity (Wildman–Crippen MR) is 125 cm³/mol. The molecule has 3 heterocycles. The Kier molecular flexibility index (Phi) is 5.45. The molecule has 0 bridgehead atoms. The molecular weight excluding hydrogens is 462 g/mol.